The van der Waals surface area contributed by atoms with Crippen LogP contribution in [-0.2, 0) is 28.8 Å². The molecule has 0 saturated heterocycles. The van der Waals surface area contributed by atoms with Gasteiger partial charge in [0, 0.05) is 12.2 Å². The number of nitrogens with two attached hydrogens (primary N) is 2. The second-order valence-corrected chi connectivity index (χ2v) is 8.05. The maximum Gasteiger partial charge on any atom is 0.326 e. The zero-order valence-electron chi connectivity index (χ0n) is 17.4. The fourth-order valence-corrected chi connectivity index (χ4v) is 2.98. The van der Waals surface area contributed by atoms with Crippen LogP contribution in [0.1, 0.15) is 25.7 Å². The Morgan fingerprint density at radius 1 is 0.906 bits per heavy atom. The number of rotatable bonds is 16. The summed E-state index contributed by atoms with van der Waals surface area (Å²) in [7, 11) is 0. The van der Waals surface area contributed by atoms with E-state index < -0.39 is 66.2 Å². The molecule has 0 fully saturated rings. The SMILES string of the molecule is CSCCC(NC(=O)C(CCC(N)=O)NC(=O)C(CC(=O)O)NC(=O)C(N)CS)C(=O)O. The van der Waals surface area contributed by atoms with Crippen LogP contribution < -0.4 is 27.4 Å². The number of thiol groups is 1. The van der Waals surface area contributed by atoms with Gasteiger partial charge in [-0.1, -0.05) is 0 Å². The number of amides is 4. The van der Waals surface area contributed by atoms with Crippen LogP contribution in [0, 0.1) is 0 Å². The first-order valence-electron chi connectivity index (χ1n) is 9.42. The first-order valence-corrected chi connectivity index (χ1v) is 11.4. The lowest BCUT2D eigenvalue weighted by atomic mass is 10.1. The summed E-state index contributed by atoms with van der Waals surface area (Å²) in [6, 6.07) is -5.34. The summed E-state index contributed by atoms with van der Waals surface area (Å²) < 4.78 is 0. The molecule has 0 bridgehead atoms. The molecule has 182 valence electrons. The topological polar surface area (TPSA) is 231 Å². The Labute approximate surface area is 194 Å². The van der Waals surface area contributed by atoms with Gasteiger partial charge in [-0.2, -0.15) is 24.4 Å². The average Bonchev–Trinajstić information content (AvgIpc) is 2.71. The summed E-state index contributed by atoms with van der Waals surface area (Å²) in [5.74, 6) is -5.87. The van der Waals surface area contributed by atoms with Crippen LogP contribution in [0.15, 0.2) is 0 Å². The van der Waals surface area contributed by atoms with Gasteiger partial charge in [0.15, 0.2) is 0 Å². The summed E-state index contributed by atoms with van der Waals surface area (Å²) >= 11 is 5.22. The van der Waals surface area contributed by atoms with Crippen LogP contribution in [0.5, 0.6) is 0 Å². The van der Waals surface area contributed by atoms with E-state index in [9.17, 15) is 33.9 Å². The molecule has 4 atom stereocenters. The number of carbonyl (C=O) groups is 6. The number of hydrogen-bond acceptors (Lipinski definition) is 9. The zero-order chi connectivity index (χ0) is 24.8. The van der Waals surface area contributed by atoms with Crippen molar-refractivity contribution in [1.82, 2.24) is 16.0 Å². The summed E-state index contributed by atoms with van der Waals surface area (Å²) in [6.45, 7) is 0. The third-order valence-corrected chi connectivity index (χ3v) is 5.12. The van der Waals surface area contributed by atoms with Gasteiger partial charge in [-0.3, -0.25) is 24.0 Å². The predicted octanol–water partition coefficient (Wildman–Crippen LogP) is -2.72. The van der Waals surface area contributed by atoms with Gasteiger partial charge >= 0.3 is 11.9 Å². The van der Waals surface area contributed by atoms with E-state index >= 15 is 0 Å². The van der Waals surface area contributed by atoms with Gasteiger partial charge in [0.05, 0.1) is 12.5 Å². The number of nitrogens with one attached hydrogen (secondary N) is 3. The number of thioether (sulfide) groups is 1. The van der Waals surface area contributed by atoms with E-state index in [1.165, 1.54) is 11.8 Å². The molecule has 0 aromatic heterocycles. The molecule has 4 unspecified atom stereocenters. The minimum atomic E-state index is -1.58. The van der Waals surface area contributed by atoms with Gasteiger partial charge < -0.3 is 37.6 Å². The second-order valence-electron chi connectivity index (χ2n) is 6.70. The van der Waals surface area contributed by atoms with Crippen LogP contribution in [-0.4, -0.2) is 87.7 Å². The molecular formula is C17H29N5O8S2. The van der Waals surface area contributed by atoms with Crippen molar-refractivity contribution in [1.29, 1.82) is 0 Å². The molecule has 0 spiro atoms. The first-order chi connectivity index (χ1) is 14.9. The quantitative estimate of drug-likeness (QED) is 0.103. The fourth-order valence-electron chi connectivity index (χ4n) is 2.34. The van der Waals surface area contributed by atoms with Gasteiger partial charge in [0.1, 0.15) is 18.1 Å². The average molecular weight is 496 g/mol. The first kappa shape index (κ1) is 29.5. The number of hydrogen-bond donors (Lipinski definition) is 8. The van der Waals surface area contributed by atoms with Crippen LogP contribution >= 0.6 is 24.4 Å². The molecule has 15 heteroatoms. The van der Waals surface area contributed by atoms with Crippen LogP contribution in [0.4, 0.5) is 0 Å². The molecule has 0 aliphatic heterocycles. The number of carbonyl (C=O) groups excluding carboxylic acids is 4. The van der Waals surface area contributed by atoms with E-state index in [2.05, 4.69) is 28.6 Å². The van der Waals surface area contributed by atoms with Crippen molar-refractivity contribution >= 4 is 60.0 Å². The molecule has 0 aliphatic carbocycles. The minimum absolute atomic E-state index is 0.0660. The highest BCUT2D eigenvalue weighted by Gasteiger charge is 2.31. The highest BCUT2D eigenvalue weighted by molar-refractivity contribution is 7.98. The number of carboxylic acid groups (broad SMARTS) is 2. The molecule has 0 heterocycles. The molecule has 0 aliphatic rings. The summed E-state index contributed by atoms with van der Waals surface area (Å²) in [6.07, 6.45) is 0.463. The van der Waals surface area contributed by atoms with Crippen molar-refractivity contribution in [2.75, 3.05) is 17.8 Å². The van der Waals surface area contributed by atoms with E-state index in [1.54, 1.807) is 6.26 Å². The molecule has 0 rings (SSSR count). The van der Waals surface area contributed by atoms with Crippen LogP contribution in [0.3, 0.4) is 0 Å². The van der Waals surface area contributed by atoms with Crippen molar-refractivity contribution in [3.8, 4) is 0 Å². The van der Waals surface area contributed by atoms with E-state index in [0.717, 1.165) is 0 Å². The predicted molar refractivity (Wildman–Crippen MR) is 119 cm³/mol. The molecular weight excluding hydrogens is 466 g/mol. The lowest BCUT2D eigenvalue weighted by Gasteiger charge is -2.24. The Hall–Kier alpha value is -2.52. The molecule has 0 saturated carbocycles. The summed E-state index contributed by atoms with van der Waals surface area (Å²) in [4.78, 5) is 70.8. The van der Waals surface area contributed by atoms with Gasteiger partial charge in [-0.05, 0) is 24.9 Å². The summed E-state index contributed by atoms with van der Waals surface area (Å²) in [5.41, 5.74) is 10.6. The van der Waals surface area contributed by atoms with Gasteiger partial charge in [-0.25, -0.2) is 4.79 Å². The molecule has 9 N–H and O–H groups in total. The van der Waals surface area contributed by atoms with Gasteiger partial charge in [0.25, 0.3) is 0 Å². The molecule has 0 aromatic carbocycles. The Bertz CT molecular complexity index is 708. The Morgan fingerprint density at radius 3 is 1.91 bits per heavy atom. The zero-order valence-corrected chi connectivity index (χ0v) is 19.1. The van der Waals surface area contributed by atoms with Crippen molar-refractivity contribution in [2.24, 2.45) is 11.5 Å². The minimum Gasteiger partial charge on any atom is -0.481 e. The lowest BCUT2D eigenvalue weighted by Crippen LogP contribution is -2.57. The van der Waals surface area contributed by atoms with Crippen molar-refractivity contribution in [2.45, 2.75) is 49.9 Å². The Balaban J connectivity index is 5.51. The van der Waals surface area contributed by atoms with Crippen LogP contribution in [0.25, 0.3) is 0 Å². The molecule has 13 nitrogen and oxygen atoms in total. The maximum absolute atomic E-state index is 12.6. The molecule has 4 amide bonds. The largest absolute Gasteiger partial charge is 0.481 e. The Morgan fingerprint density at radius 2 is 1.44 bits per heavy atom. The third-order valence-electron chi connectivity index (χ3n) is 4.08. The van der Waals surface area contributed by atoms with E-state index in [4.69, 9.17) is 16.6 Å². The highest BCUT2D eigenvalue weighted by Crippen LogP contribution is 2.05. The number of primary amides is 1. The molecule has 32 heavy (non-hydrogen) atoms. The van der Waals surface area contributed by atoms with Crippen LogP contribution in [0.2, 0.25) is 0 Å². The van der Waals surface area contributed by atoms with Crippen molar-refractivity contribution < 1.29 is 39.0 Å². The maximum atomic E-state index is 12.6. The third kappa shape index (κ3) is 11.8. The van der Waals surface area contributed by atoms with Crippen molar-refractivity contribution in [3.05, 3.63) is 0 Å². The monoisotopic (exact) mass is 495 g/mol. The normalized spacial score (nSPS) is 14.3. The lowest BCUT2D eigenvalue weighted by molar-refractivity contribution is -0.143. The smallest absolute Gasteiger partial charge is 0.326 e. The molecule has 0 radical (unpaired) electrons. The van der Waals surface area contributed by atoms with Gasteiger partial charge in [-0.15, -0.1) is 0 Å². The number of aliphatic carboxylic acids is 2. The number of carboxylic acids is 2. The Kier molecular flexibility index (Phi) is 14.1. The highest BCUT2D eigenvalue weighted by atomic mass is 32.2. The van der Waals surface area contributed by atoms with E-state index in [-0.39, 0.29) is 25.0 Å². The van der Waals surface area contributed by atoms with Gasteiger partial charge in [0.2, 0.25) is 23.6 Å². The standard InChI is InChI=1S/C17H29N5O8S2/c1-32-5-4-10(17(29)30)21-15(27)9(2-3-12(19)23)20-16(28)11(6-13(24)25)22-14(26)8(18)7-31/h8-11,31H,2-7,18H2,1H3,(H2,19,23)(H,20,28)(H,21,27)(H,22,26)(H,24,25)(H,29,30). The fraction of sp³-hybridized carbons (Fsp3) is 0.647. The van der Waals surface area contributed by atoms with Crippen molar-refractivity contribution in [3.63, 3.8) is 0 Å². The molecule has 0 aromatic rings. The van der Waals surface area contributed by atoms with E-state index in [0.29, 0.717) is 5.75 Å². The van der Waals surface area contributed by atoms with E-state index in [1.807, 2.05) is 0 Å². The second kappa shape index (κ2) is 15.3. The summed E-state index contributed by atoms with van der Waals surface area (Å²) in [5, 5.41) is 25.0.